The average molecular weight is 272 g/mol. The smallest absolute Gasteiger partial charge is 0.221 e. The van der Waals surface area contributed by atoms with Gasteiger partial charge in [-0.2, -0.15) is 0 Å². The average Bonchev–Trinajstić information content (AvgIpc) is 2.21. The molecular formula is C10H14BrN3O. The van der Waals surface area contributed by atoms with E-state index >= 15 is 0 Å². The molecule has 15 heavy (non-hydrogen) atoms. The normalized spacial score (nSPS) is 9.73. The van der Waals surface area contributed by atoms with Gasteiger partial charge in [0.2, 0.25) is 5.91 Å². The third-order valence-corrected chi connectivity index (χ3v) is 2.45. The van der Waals surface area contributed by atoms with Crippen molar-refractivity contribution in [1.29, 1.82) is 0 Å². The Morgan fingerprint density at radius 1 is 1.60 bits per heavy atom. The van der Waals surface area contributed by atoms with Gasteiger partial charge in [-0.25, -0.2) is 0 Å². The molecule has 0 aliphatic heterocycles. The van der Waals surface area contributed by atoms with Gasteiger partial charge in [0, 0.05) is 31.9 Å². The van der Waals surface area contributed by atoms with Crippen LogP contribution in [0, 0.1) is 0 Å². The summed E-state index contributed by atoms with van der Waals surface area (Å²) in [5, 5.41) is 5.90. The number of halogens is 1. The monoisotopic (exact) mass is 271 g/mol. The van der Waals surface area contributed by atoms with Crippen LogP contribution in [0.15, 0.2) is 22.9 Å². The molecule has 1 aromatic heterocycles. The lowest BCUT2D eigenvalue weighted by Crippen LogP contribution is -2.24. The molecule has 0 fully saturated rings. The zero-order valence-corrected chi connectivity index (χ0v) is 10.2. The lowest BCUT2D eigenvalue weighted by atomic mass is 10.3. The minimum atomic E-state index is 0.0650. The molecule has 0 unspecified atom stereocenters. The zero-order valence-electron chi connectivity index (χ0n) is 8.59. The van der Waals surface area contributed by atoms with Crippen LogP contribution in [0.5, 0.6) is 0 Å². The molecule has 0 radical (unpaired) electrons. The van der Waals surface area contributed by atoms with Crippen LogP contribution in [0.4, 0.5) is 5.69 Å². The molecule has 0 saturated carbocycles. The molecule has 82 valence electrons. The van der Waals surface area contributed by atoms with Gasteiger partial charge in [-0.1, -0.05) is 0 Å². The Labute approximate surface area is 97.6 Å². The van der Waals surface area contributed by atoms with Crippen LogP contribution in [-0.4, -0.2) is 24.0 Å². The number of nitrogens with zero attached hydrogens (tertiary/aromatic N) is 1. The first-order valence-corrected chi connectivity index (χ1v) is 5.63. The molecule has 1 heterocycles. The number of carbonyl (C=O) groups excluding carboxylic acids is 1. The van der Waals surface area contributed by atoms with Crippen LogP contribution >= 0.6 is 15.9 Å². The SMILES string of the molecule is CCNC(=O)CCNc1ccncc1Br. The van der Waals surface area contributed by atoms with E-state index in [-0.39, 0.29) is 5.91 Å². The Morgan fingerprint density at radius 2 is 2.40 bits per heavy atom. The molecule has 0 bridgehead atoms. The summed E-state index contributed by atoms with van der Waals surface area (Å²) in [5.74, 6) is 0.0650. The summed E-state index contributed by atoms with van der Waals surface area (Å²) in [4.78, 5) is 15.1. The topological polar surface area (TPSA) is 54.0 Å². The molecule has 0 aromatic carbocycles. The highest BCUT2D eigenvalue weighted by atomic mass is 79.9. The molecule has 0 aliphatic carbocycles. The number of carbonyl (C=O) groups is 1. The molecule has 5 heteroatoms. The number of rotatable bonds is 5. The van der Waals surface area contributed by atoms with Crippen molar-refractivity contribution in [3.05, 3.63) is 22.9 Å². The molecule has 2 N–H and O–H groups in total. The quantitative estimate of drug-likeness (QED) is 0.859. The number of hydrogen-bond acceptors (Lipinski definition) is 3. The molecule has 1 rings (SSSR count). The number of hydrogen-bond donors (Lipinski definition) is 2. The van der Waals surface area contributed by atoms with E-state index in [1.54, 1.807) is 12.4 Å². The maximum absolute atomic E-state index is 11.1. The second-order valence-electron chi connectivity index (χ2n) is 2.99. The predicted octanol–water partition coefficient (Wildman–Crippen LogP) is 1.78. The van der Waals surface area contributed by atoms with Gasteiger partial charge < -0.3 is 10.6 Å². The van der Waals surface area contributed by atoms with Gasteiger partial charge in [0.25, 0.3) is 0 Å². The minimum Gasteiger partial charge on any atom is -0.384 e. The first kappa shape index (κ1) is 12.0. The zero-order chi connectivity index (χ0) is 11.1. The Morgan fingerprint density at radius 3 is 3.07 bits per heavy atom. The number of amides is 1. The van der Waals surface area contributed by atoms with E-state index in [0.29, 0.717) is 19.5 Å². The highest BCUT2D eigenvalue weighted by Crippen LogP contribution is 2.19. The summed E-state index contributed by atoms with van der Waals surface area (Å²) < 4.78 is 0.904. The number of pyridine rings is 1. The summed E-state index contributed by atoms with van der Waals surface area (Å²) >= 11 is 3.37. The van der Waals surface area contributed by atoms with Crippen LogP contribution in [0.1, 0.15) is 13.3 Å². The molecule has 0 atom stereocenters. The van der Waals surface area contributed by atoms with Crippen molar-refractivity contribution < 1.29 is 4.79 Å². The third-order valence-electron chi connectivity index (χ3n) is 1.81. The minimum absolute atomic E-state index is 0.0650. The van der Waals surface area contributed by atoms with Crippen molar-refractivity contribution in [2.24, 2.45) is 0 Å². The van der Waals surface area contributed by atoms with Crippen LogP contribution < -0.4 is 10.6 Å². The lowest BCUT2D eigenvalue weighted by Gasteiger charge is -2.07. The summed E-state index contributed by atoms with van der Waals surface area (Å²) in [5.41, 5.74) is 0.953. The van der Waals surface area contributed by atoms with Crippen molar-refractivity contribution in [1.82, 2.24) is 10.3 Å². The predicted molar refractivity (Wildman–Crippen MR) is 63.7 cm³/mol. The first-order valence-electron chi connectivity index (χ1n) is 4.84. The van der Waals surface area contributed by atoms with E-state index in [1.807, 2.05) is 13.0 Å². The van der Waals surface area contributed by atoms with Gasteiger partial charge in [0.1, 0.15) is 0 Å². The Balaban J connectivity index is 2.32. The summed E-state index contributed by atoms with van der Waals surface area (Å²) in [6, 6.07) is 1.86. The number of anilines is 1. The van der Waals surface area contributed by atoms with Gasteiger partial charge in [-0.15, -0.1) is 0 Å². The Hall–Kier alpha value is -1.10. The molecular weight excluding hydrogens is 258 g/mol. The standard InChI is InChI=1S/C10H14BrN3O/c1-2-13-10(15)4-6-14-9-3-5-12-7-8(9)11/h3,5,7H,2,4,6H2,1H3,(H,12,14)(H,13,15). The van der Waals surface area contributed by atoms with E-state index < -0.39 is 0 Å². The molecule has 0 saturated heterocycles. The van der Waals surface area contributed by atoms with Gasteiger partial charge in [0.15, 0.2) is 0 Å². The molecule has 4 nitrogen and oxygen atoms in total. The second kappa shape index (κ2) is 6.40. The van der Waals surface area contributed by atoms with Crippen LogP contribution in [0.3, 0.4) is 0 Å². The molecule has 0 spiro atoms. The van der Waals surface area contributed by atoms with E-state index in [0.717, 1.165) is 10.2 Å². The molecule has 1 aromatic rings. The van der Waals surface area contributed by atoms with E-state index in [1.165, 1.54) is 0 Å². The van der Waals surface area contributed by atoms with Crippen LogP contribution in [0.25, 0.3) is 0 Å². The largest absolute Gasteiger partial charge is 0.384 e. The van der Waals surface area contributed by atoms with E-state index in [9.17, 15) is 4.79 Å². The summed E-state index contributed by atoms with van der Waals surface area (Å²) in [6.45, 7) is 3.21. The molecule has 1 amide bonds. The van der Waals surface area contributed by atoms with Crippen molar-refractivity contribution in [2.45, 2.75) is 13.3 Å². The Kier molecular flexibility index (Phi) is 5.10. The second-order valence-corrected chi connectivity index (χ2v) is 3.84. The highest BCUT2D eigenvalue weighted by Gasteiger charge is 2.00. The molecule has 0 aliphatic rings. The Bertz CT molecular complexity index is 330. The number of aromatic nitrogens is 1. The first-order chi connectivity index (χ1) is 7.24. The fourth-order valence-corrected chi connectivity index (χ4v) is 1.51. The van der Waals surface area contributed by atoms with Crippen molar-refractivity contribution >= 4 is 27.5 Å². The summed E-state index contributed by atoms with van der Waals surface area (Å²) in [6.07, 6.45) is 3.90. The van der Waals surface area contributed by atoms with Gasteiger partial charge >= 0.3 is 0 Å². The van der Waals surface area contributed by atoms with E-state index in [4.69, 9.17) is 0 Å². The highest BCUT2D eigenvalue weighted by molar-refractivity contribution is 9.10. The number of nitrogens with one attached hydrogen (secondary N) is 2. The van der Waals surface area contributed by atoms with Gasteiger partial charge in [0.05, 0.1) is 10.2 Å². The van der Waals surface area contributed by atoms with Crippen LogP contribution in [0.2, 0.25) is 0 Å². The van der Waals surface area contributed by atoms with Crippen molar-refractivity contribution in [2.75, 3.05) is 18.4 Å². The lowest BCUT2D eigenvalue weighted by molar-refractivity contribution is -0.120. The van der Waals surface area contributed by atoms with Gasteiger partial charge in [-0.3, -0.25) is 9.78 Å². The fourth-order valence-electron chi connectivity index (χ4n) is 1.11. The summed E-state index contributed by atoms with van der Waals surface area (Å²) in [7, 11) is 0. The maximum Gasteiger partial charge on any atom is 0.221 e. The van der Waals surface area contributed by atoms with Crippen molar-refractivity contribution in [3.8, 4) is 0 Å². The third kappa shape index (κ3) is 4.29. The maximum atomic E-state index is 11.1. The van der Waals surface area contributed by atoms with Crippen LogP contribution in [-0.2, 0) is 4.79 Å². The van der Waals surface area contributed by atoms with E-state index in [2.05, 4.69) is 31.5 Å². The fraction of sp³-hybridized carbons (Fsp3) is 0.400. The van der Waals surface area contributed by atoms with Crippen molar-refractivity contribution in [3.63, 3.8) is 0 Å². The van der Waals surface area contributed by atoms with Gasteiger partial charge in [-0.05, 0) is 28.9 Å².